The lowest BCUT2D eigenvalue weighted by molar-refractivity contribution is 0.102. The Morgan fingerprint density at radius 3 is 2.30 bits per heavy atom. The van der Waals surface area contributed by atoms with E-state index in [4.69, 9.17) is 18.0 Å². The van der Waals surface area contributed by atoms with Gasteiger partial charge in [-0.2, -0.15) is 0 Å². The van der Waals surface area contributed by atoms with Crippen LogP contribution >= 0.6 is 34.8 Å². The van der Waals surface area contributed by atoms with Crippen LogP contribution in [0.15, 0.2) is 42.5 Å². The molecule has 0 saturated heterocycles. The molecule has 6 heteroatoms. The molecule has 0 saturated carbocycles. The van der Waals surface area contributed by atoms with Crippen molar-refractivity contribution in [3.05, 3.63) is 63.0 Å². The number of anilines is 1. The summed E-state index contributed by atoms with van der Waals surface area (Å²) >= 11 is 6.91. The summed E-state index contributed by atoms with van der Waals surface area (Å²) in [6.07, 6.45) is 0. The molecule has 0 aliphatic heterocycles. The van der Waals surface area contributed by atoms with Gasteiger partial charge in [0.2, 0.25) is 0 Å². The number of thiocarbonyl (C=S) groups is 1. The first kappa shape index (κ1) is 14.9. The van der Waals surface area contributed by atoms with Gasteiger partial charge in [-0.15, -0.1) is 0 Å². The Labute approximate surface area is 134 Å². The average molecular weight is 400 g/mol. The lowest BCUT2D eigenvalue weighted by Crippen LogP contribution is -2.14. The second-order valence-corrected chi connectivity index (χ2v) is 5.71. The van der Waals surface area contributed by atoms with Crippen LogP contribution in [0.5, 0.6) is 0 Å². The Morgan fingerprint density at radius 1 is 1.15 bits per heavy atom. The molecule has 2 aromatic rings. The van der Waals surface area contributed by atoms with Gasteiger partial charge in [-0.1, -0.05) is 12.2 Å². The van der Waals surface area contributed by atoms with Crippen LogP contribution in [0, 0.1) is 9.39 Å². The highest BCUT2D eigenvalue weighted by atomic mass is 127. The van der Waals surface area contributed by atoms with Crippen LogP contribution in [-0.4, -0.2) is 10.9 Å². The summed E-state index contributed by atoms with van der Waals surface area (Å²) in [5.41, 5.74) is 6.39. The van der Waals surface area contributed by atoms with Gasteiger partial charge < -0.3 is 11.1 Å². The van der Waals surface area contributed by atoms with E-state index >= 15 is 0 Å². The van der Waals surface area contributed by atoms with Gasteiger partial charge in [0, 0.05) is 14.7 Å². The molecule has 0 aliphatic rings. The van der Waals surface area contributed by atoms with Crippen LogP contribution in [0.25, 0.3) is 0 Å². The number of nitrogens with one attached hydrogen (secondary N) is 1. The first-order valence-corrected chi connectivity index (χ1v) is 7.12. The molecule has 0 fully saturated rings. The zero-order valence-corrected chi connectivity index (χ0v) is 13.2. The predicted octanol–water partition coefficient (Wildman–Crippen LogP) is 3.32. The smallest absolute Gasteiger partial charge is 0.255 e. The van der Waals surface area contributed by atoms with Gasteiger partial charge in [-0.25, -0.2) is 4.39 Å². The maximum atomic E-state index is 13.8. The van der Waals surface area contributed by atoms with E-state index in [0.29, 0.717) is 11.1 Å². The van der Waals surface area contributed by atoms with Gasteiger partial charge in [0.1, 0.15) is 10.8 Å². The normalized spacial score (nSPS) is 10.1. The van der Waals surface area contributed by atoms with Gasteiger partial charge >= 0.3 is 0 Å². The third kappa shape index (κ3) is 3.51. The Kier molecular flexibility index (Phi) is 4.66. The zero-order valence-electron chi connectivity index (χ0n) is 10.2. The lowest BCUT2D eigenvalue weighted by Gasteiger charge is -2.08. The number of halogens is 2. The van der Waals surface area contributed by atoms with Crippen molar-refractivity contribution < 1.29 is 9.18 Å². The highest BCUT2D eigenvalue weighted by molar-refractivity contribution is 14.1. The fourth-order valence-electron chi connectivity index (χ4n) is 1.57. The van der Waals surface area contributed by atoms with Crippen LogP contribution in [0.4, 0.5) is 10.1 Å². The largest absolute Gasteiger partial charge is 0.389 e. The van der Waals surface area contributed by atoms with Crippen LogP contribution in [0.3, 0.4) is 0 Å². The molecular weight excluding hydrogens is 390 g/mol. The molecular formula is C14H10FIN2OS. The monoisotopic (exact) mass is 400 g/mol. The van der Waals surface area contributed by atoms with Crippen LogP contribution in [0.2, 0.25) is 0 Å². The van der Waals surface area contributed by atoms with Gasteiger partial charge in [-0.05, 0) is 65.1 Å². The maximum Gasteiger partial charge on any atom is 0.255 e. The third-order valence-electron chi connectivity index (χ3n) is 2.61. The second kappa shape index (κ2) is 6.27. The topological polar surface area (TPSA) is 55.1 Å². The van der Waals surface area contributed by atoms with E-state index in [1.165, 1.54) is 12.1 Å². The molecule has 0 bridgehead atoms. The molecule has 0 aliphatic carbocycles. The van der Waals surface area contributed by atoms with E-state index in [1.54, 1.807) is 18.2 Å². The molecule has 0 atom stereocenters. The van der Waals surface area contributed by atoms with E-state index in [-0.39, 0.29) is 16.6 Å². The van der Waals surface area contributed by atoms with Crippen molar-refractivity contribution in [2.45, 2.75) is 0 Å². The van der Waals surface area contributed by atoms with E-state index in [2.05, 4.69) is 27.9 Å². The van der Waals surface area contributed by atoms with E-state index < -0.39 is 5.82 Å². The summed E-state index contributed by atoms with van der Waals surface area (Å²) < 4.78 is 14.8. The number of carbonyl (C=O) groups excluding carboxylic acids is 1. The number of hydrogen-bond acceptors (Lipinski definition) is 2. The molecule has 2 aromatic carbocycles. The van der Waals surface area contributed by atoms with Crippen LogP contribution in [0.1, 0.15) is 15.9 Å². The lowest BCUT2D eigenvalue weighted by atomic mass is 10.1. The maximum absolute atomic E-state index is 13.8. The summed E-state index contributed by atoms with van der Waals surface area (Å²) in [6.45, 7) is 0. The number of rotatable bonds is 3. The van der Waals surface area contributed by atoms with Crippen LogP contribution in [-0.2, 0) is 0 Å². The molecule has 1 amide bonds. The van der Waals surface area contributed by atoms with Crippen molar-refractivity contribution in [1.29, 1.82) is 0 Å². The zero-order chi connectivity index (χ0) is 14.7. The highest BCUT2D eigenvalue weighted by Crippen LogP contribution is 2.17. The third-order valence-corrected chi connectivity index (χ3v) is 3.56. The molecule has 3 nitrogen and oxygen atoms in total. The predicted molar refractivity (Wildman–Crippen MR) is 89.4 cm³/mol. The average Bonchev–Trinajstić information content (AvgIpc) is 2.41. The summed E-state index contributed by atoms with van der Waals surface area (Å²) in [5.74, 6) is -0.947. The van der Waals surface area contributed by atoms with E-state index in [9.17, 15) is 9.18 Å². The SMILES string of the molecule is NC(=S)c1ccc(NC(=O)c2ccc(I)cc2)c(F)c1. The van der Waals surface area contributed by atoms with Crippen molar-refractivity contribution in [2.75, 3.05) is 5.32 Å². The van der Waals surface area contributed by atoms with Crippen molar-refractivity contribution in [3.63, 3.8) is 0 Å². The number of nitrogens with two attached hydrogens (primary N) is 1. The minimum atomic E-state index is -0.575. The summed E-state index contributed by atoms with van der Waals surface area (Å²) in [6, 6.07) is 11.2. The standard InChI is InChI=1S/C14H10FIN2OS/c15-11-7-9(13(17)20)3-6-12(11)18-14(19)8-1-4-10(16)5-2-8/h1-7H,(H2,17,20)(H,18,19). The highest BCUT2D eigenvalue weighted by Gasteiger charge is 2.10. The molecule has 0 unspecified atom stereocenters. The summed E-state index contributed by atoms with van der Waals surface area (Å²) in [7, 11) is 0. The van der Waals surface area contributed by atoms with E-state index in [1.807, 2.05) is 12.1 Å². The van der Waals surface area contributed by atoms with Gasteiger partial charge in [0.25, 0.3) is 5.91 Å². The molecule has 0 spiro atoms. The van der Waals surface area contributed by atoms with Crippen molar-refractivity contribution in [1.82, 2.24) is 0 Å². The van der Waals surface area contributed by atoms with Crippen molar-refractivity contribution >= 4 is 51.4 Å². The van der Waals surface area contributed by atoms with Gasteiger partial charge in [0.15, 0.2) is 0 Å². The number of carbonyl (C=O) groups is 1. The summed E-state index contributed by atoms with van der Waals surface area (Å²) in [4.78, 5) is 12.1. The number of amides is 1. The number of hydrogen-bond donors (Lipinski definition) is 2. The fourth-order valence-corrected chi connectivity index (χ4v) is 2.05. The fraction of sp³-hybridized carbons (Fsp3) is 0. The second-order valence-electron chi connectivity index (χ2n) is 4.02. The van der Waals surface area contributed by atoms with Crippen LogP contribution < -0.4 is 11.1 Å². The quantitative estimate of drug-likeness (QED) is 0.614. The van der Waals surface area contributed by atoms with Gasteiger partial charge in [-0.3, -0.25) is 4.79 Å². The molecule has 0 radical (unpaired) electrons. The minimum absolute atomic E-state index is 0.0913. The Balaban J connectivity index is 2.19. The van der Waals surface area contributed by atoms with Crippen molar-refractivity contribution in [3.8, 4) is 0 Å². The number of benzene rings is 2. The first-order valence-electron chi connectivity index (χ1n) is 5.63. The van der Waals surface area contributed by atoms with Crippen molar-refractivity contribution in [2.24, 2.45) is 5.73 Å². The molecule has 102 valence electrons. The Morgan fingerprint density at radius 2 is 1.75 bits per heavy atom. The summed E-state index contributed by atoms with van der Waals surface area (Å²) in [5, 5.41) is 2.51. The molecule has 2 rings (SSSR count). The molecule has 0 heterocycles. The minimum Gasteiger partial charge on any atom is -0.389 e. The van der Waals surface area contributed by atoms with Gasteiger partial charge in [0.05, 0.1) is 5.69 Å². The van der Waals surface area contributed by atoms with E-state index in [0.717, 1.165) is 3.57 Å². The Hall–Kier alpha value is -1.54. The Bertz CT molecular complexity index is 673. The molecule has 0 aromatic heterocycles. The molecule has 3 N–H and O–H groups in total. The molecule has 20 heavy (non-hydrogen) atoms. The first-order chi connectivity index (χ1) is 9.47.